The second kappa shape index (κ2) is 4.83. The fraction of sp³-hybridized carbons (Fsp3) is 0.750. The summed E-state index contributed by atoms with van der Waals surface area (Å²) in [6.07, 6.45) is 1.34. The van der Waals surface area contributed by atoms with Crippen LogP contribution in [0.1, 0.15) is 34.1 Å². The first-order valence-corrected chi connectivity index (χ1v) is 9.18. The first kappa shape index (κ1) is 17.4. The lowest BCUT2D eigenvalue weighted by Gasteiger charge is -2.48. The van der Waals surface area contributed by atoms with Crippen molar-refractivity contribution in [3.63, 3.8) is 0 Å². The second-order valence-corrected chi connectivity index (χ2v) is 9.27. The Morgan fingerprint density at radius 3 is 2.48 bits per heavy atom. The molecule has 2 fully saturated rings. The van der Waals surface area contributed by atoms with E-state index in [0.717, 1.165) is 6.42 Å². The highest BCUT2D eigenvalue weighted by molar-refractivity contribution is 5.95. The molecule has 5 heteroatoms. The largest absolute Gasteiger partial charge is 0.392 e. The Labute approximate surface area is 148 Å². The number of hydrogen-bond donors (Lipinski definition) is 4. The molecule has 4 aliphatic carbocycles. The van der Waals surface area contributed by atoms with Crippen LogP contribution in [-0.2, 0) is 4.79 Å². The zero-order valence-electron chi connectivity index (χ0n) is 15.2. The predicted molar refractivity (Wildman–Crippen MR) is 91.4 cm³/mol. The number of aliphatic hydroxyl groups is 4. The molecule has 2 bridgehead atoms. The van der Waals surface area contributed by atoms with Crippen molar-refractivity contribution in [3.8, 4) is 0 Å². The molecule has 0 heterocycles. The molecule has 0 amide bonds. The van der Waals surface area contributed by atoms with E-state index in [2.05, 4.69) is 13.8 Å². The molecule has 1 spiro atoms. The number of ketones is 1. The van der Waals surface area contributed by atoms with E-state index in [1.807, 2.05) is 6.92 Å². The topological polar surface area (TPSA) is 98.0 Å². The van der Waals surface area contributed by atoms with E-state index in [-0.39, 0.29) is 28.6 Å². The van der Waals surface area contributed by atoms with Gasteiger partial charge in [0.25, 0.3) is 0 Å². The normalized spacial score (nSPS) is 53.2. The molecule has 4 aliphatic rings. The van der Waals surface area contributed by atoms with Crippen molar-refractivity contribution in [1.29, 1.82) is 0 Å². The smallest absolute Gasteiger partial charge is 0.153 e. The highest BCUT2D eigenvalue weighted by Gasteiger charge is 2.75. The second-order valence-electron chi connectivity index (χ2n) is 9.27. The Balaban J connectivity index is 1.99. The zero-order chi connectivity index (χ0) is 18.5. The van der Waals surface area contributed by atoms with Crippen LogP contribution in [0.25, 0.3) is 0 Å². The van der Waals surface area contributed by atoms with Crippen molar-refractivity contribution >= 4 is 5.78 Å². The van der Waals surface area contributed by atoms with Crippen LogP contribution >= 0.6 is 0 Å². The summed E-state index contributed by atoms with van der Waals surface area (Å²) >= 11 is 0. The lowest BCUT2D eigenvalue weighted by atomic mass is 9.59. The molecule has 5 nitrogen and oxygen atoms in total. The van der Waals surface area contributed by atoms with Gasteiger partial charge in [-0.3, -0.25) is 4.79 Å². The molecular weight excluding hydrogens is 320 g/mol. The van der Waals surface area contributed by atoms with E-state index in [1.165, 1.54) is 0 Å². The monoisotopic (exact) mass is 348 g/mol. The summed E-state index contributed by atoms with van der Waals surface area (Å²) in [4.78, 5) is 13.7. The SMILES string of the molecule is CC1=C[C@@]23C(=O)[C@H](C=C(CO)[C@H](O)[C@@]2(O)[C@@H]1O)[C@@H]1[C@H](C[C@@H]3C)C1(C)C. The van der Waals surface area contributed by atoms with Crippen molar-refractivity contribution in [2.45, 2.75) is 51.9 Å². The van der Waals surface area contributed by atoms with Crippen LogP contribution in [0.15, 0.2) is 23.3 Å². The van der Waals surface area contributed by atoms with Gasteiger partial charge in [0.1, 0.15) is 17.8 Å². The summed E-state index contributed by atoms with van der Waals surface area (Å²) in [7, 11) is 0. The summed E-state index contributed by atoms with van der Waals surface area (Å²) in [5, 5.41) is 43.0. The summed E-state index contributed by atoms with van der Waals surface area (Å²) in [6, 6.07) is 0. The first-order valence-electron chi connectivity index (χ1n) is 9.18. The molecule has 0 unspecified atom stereocenters. The van der Waals surface area contributed by atoms with Gasteiger partial charge >= 0.3 is 0 Å². The van der Waals surface area contributed by atoms with Gasteiger partial charge in [-0.15, -0.1) is 0 Å². The van der Waals surface area contributed by atoms with Gasteiger partial charge in [-0.25, -0.2) is 0 Å². The number of Topliss-reactive ketones (excluding diaryl/α,β-unsaturated/α-hetero) is 1. The fourth-order valence-electron chi connectivity index (χ4n) is 6.43. The van der Waals surface area contributed by atoms with Crippen LogP contribution in [0.4, 0.5) is 0 Å². The fourth-order valence-corrected chi connectivity index (χ4v) is 6.43. The summed E-state index contributed by atoms with van der Waals surface area (Å²) in [5.74, 6) is -0.288. The Morgan fingerprint density at radius 2 is 1.88 bits per heavy atom. The lowest BCUT2D eigenvalue weighted by molar-refractivity contribution is -0.190. The minimum absolute atomic E-state index is 0.0245. The van der Waals surface area contributed by atoms with Gasteiger partial charge in [0.05, 0.1) is 12.0 Å². The van der Waals surface area contributed by atoms with E-state index >= 15 is 0 Å². The Morgan fingerprint density at radius 1 is 1.24 bits per heavy atom. The van der Waals surface area contributed by atoms with Crippen LogP contribution in [0, 0.1) is 34.5 Å². The first-order chi connectivity index (χ1) is 11.5. The van der Waals surface area contributed by atoms with E-state index in [1.54, 1.807) is 19.1 Å². The zero-order valence-corrected chi connectivity index (χ0v) is 15.2. The molecule has 4 rings (SSSR count). The number of hydrogen-bond acceptors (Lipinski definition) is 5. The van der Waals surface area contributed by atoms with Crippen LogP contribution in [0.2, 0.25) is 0 Å². The van der Waals surface area contributed by atoms with Crippen molar-refractivity contribution < 1.29 is 25.2 Å². The minimum atomic E-state index is -2.03. The van der Waals surface area contributed by atoms with Crippen LogP contribution in [0.5, 0.6) is 0 Å². The molecule has 2 saturated carbocycles. The highest BCUT2D eigenvalue weighted by atomic mass is 16.4. The van der Waals surface area contributed by atoms with Crippen molar-refractivity contribution in [2.75, 3.05) is 6.61 Å². The molecule has 25 heavy (non-hydrogen) atoms. The number of aliphatic hydroxyl groups excluding tert-OH is 3. The van der Waals surface area contributed by atoms with Crippen LogP contribution in [0.3, 0.4) is 0 Å². The third-order valence-electron chi connectivity index (χ3n) is 7.93. The Hall–Kier alpha value is -1.01. The van der Waals surface area contributed by atoms with E-state index in [9.17, 15) is 25.2 Å². The van der Waals surface area contributed by atoms with Gasteiger partial charge < -0.3 is 20.4 Å². The highest BCUT2D eigenvalue weighted by Crippen LogP contribution is 2.71. The number of rotatable bonds is 1. The third kappa shape index (κ3) is 1.71. The molecule has 0 radical (unpaired) electrons. The third-order valence-corrected chi connectivity index (χ3v) is 7.93. The maximum absolute atomic E-state index is 13.7. The molecule has 0 aromatic rings. The maximum atomic E-state index is 13.7. The molecule has 0 aromatic heterocycles. The summed E-state index contributed by atoms with van der Waals surface area (Å²) in [5.41, 5.74) is -2.58. The maximum Gasteiger partial charge on any atom is 0.153 e. The van der Waals surface area contributed by atoms with Gasteiger partial charge in [0.2, 0.25) is 0 Å². The van der Waals surface area contributed by atoms with Crippen LogP contribution in [-0.4, -0.2) is 50.6 Å². The van der Waals surface area contributed by atoms with Crippen molar-refractivity contribution in [1.82, 2.24) is 0 Å². The molecular formula is C20H28O5. The standard InChI is InChI=1S/C20H28O5/c1-9-7-19-10(2)5-13-14(18(13,3)4)12(17(19)24)6-11(8-21)16(23)20(19,25)15(9)22/h6-7,10,12-16,21-23,25H,5,8H2,1-4H3/t10-,12+,13-,14+,15+,16-,19+,20-/m0/s1. The number of carbonyl (C=O) groups excluding carboxylic acids is 1. The van der Waals surface area contributed by atoms with Gasteiger partial charge in [0.15, 0.2) is 5.78 Å². The van der Waals surface area contributed by atoms with Crippen molar-refractivity contribution in [2.24, 2.45) is 34.5 Å². The molecule has 8 atom stereocenters. The molecule has 0 aliphatic heterocycles. The van der Waals surface area contributed by atoms with Gasteiger partial charge in [-0.1, -0.05) is 32.9 Å². The quantitative estimate of drug-likeness (QED) is 0.526. The van der Waals surface area contributed by atoms with Crippen molar-refractivity contribution in [3.05, 3.63) is 23.3 Å². The molecule has 0 saturated heterocycles. The predicted octanol–water partition coefficient (Wildman–Crippen LogP) is 0.815. The molecule has 0 aromatic carbocycles. The number of fused-ring (bicyclic) bond motifs is 3. The number of carbonyl (C=O) groups is 1. The average Bonchev–Trinajstić information content (AvgIpc) is 3.05. The molecule has 4 N–H and O–H groups in total. The minimum Gasteiger partial charge on any atom is -0.392 e. The van der Waals surface area contributed by atoms with Crippen LogP contribution < -0.4 is 0 Å². The number of allylic oxidation sites excluding steroid dienone is 1. The Kier molecular flexibility index (Phi) is 3.36. The Bertz CT molecular complexity index is 707. The van der Waals surface area contributed by atoms with Gasteiger partial charge in [-0.05, 0) is 47.7 Å². The van der Waals surface area contributed by atoms with Gasteiger partial charge in [0, 0.05) is 5.92 Å². The van der Waals surface area contributed by atoms with Gasteiger partial charge in [-0.2, -0.15) is 0 Å². The van der Waals surface area contributed by atoms with E-state index in [0.29, 0.717) is 11.5 Å². The van der Waals surface area contributed by atoms with E-state index < -0.39 is 35.7 Å². The summed E-state index contributed by atoms with van der Waals surface area (Å²) in [6.45, 7) is 7.50. The lowest BCUT2D eigenvalue weighted by Crippen LogP contribution is -2.65. The molecule has 138 valence electrons. The summed E-state index contributed by atoms with van der Waals surface area (Å²) < 4.78 is 0. The average molecular weight is 348 g/mol. The van der Waals surface area contributed by atoms with E-state index in [4.69, 9.17) is 0 Å².